The summed E-state index contributed by atoms with van der Waals surface area (Å²) in [5, 5.41) is 0. The number of cyclic esters (lactones) is 1. The van der Waals surface area contributed by atoms with Crippen molar-refractivity contribution >= 4 is 6.09 Å². The monoisotopic (exact) mass is 209 g/mol. The van der Waals surface area contributed by atoms with Crippen LogP contribution >= 0.6 is 0 Å². The zero-order valence-corrected chi connectivity index (χ0v) is 8.53. The minimum absolute atomic E-state index is 0.225. The second-order valence-electron chi connectivity index (χ2n) is 3.63. The minimum Gasteiger partial charge on any atom is -0.449 e. The molecule has 2 rings (SSSR count). The van der Waals surface area contributed by atoms with E-state index in [1.807, 2.05) is 12.3 Å². The Morgan fingerprint density at radius 3 is 3.13 bits per heavy atom. The first-order valence-electron chi connectivity index (χ1n) is 5.07. The molecule has 0 saturated carbocycles. The van der Waals surface area contributed by atoms with Crippen LogP contribution in [0.1, 0.15) is 17.7 Å². The molecule has 2 heterocycles. The Balaban J connectivity index is 1.98. The first kappa shape index (κ1) is 10.0. The molecule has 1 aliphatic rings. The summed E-state index contributed by atoms with van der Waals surface area (Å²) in [5.41, 5.74) is 7.53. The second kappa shape index (κ2) is 4.35. The molecule has 5 heteroatoms. The Morgan fingerprint density at radius 1 is 1.60 bits per heavy atom. The Bertz CT molecular complexity index is 348. The van der Waals surface area contributed by atoms with Crippen LogP contribution in [0.25, 0.3) is 0 Å². The molecular formula is C10H15N3O2. The summed E-state index contributed by atoms with van der Waals surface area (Å²) in [6, 6.07) is 1.97. The fraction of sp³-hybridized carbons (Fsp3) is 0.500. The molecule has 82 valence electrons. The summed E-state index contributed by atoms with van der Waals surface area (Å²) in [6.45, 7) is 2.39. The van der Waals surface area contributed by atoms with E-state index < -0.39 is 0 Å². The molecule has 0 radical (unpaired) electrons. The van der Waals surface area contributed by atoms with Crippen molar-refractivity contribution in [1.29, 1.82) is 0 Å². The number of ether oxygens (including phenoxy) is 1. The smallest absolute Gasteiger partial charge is 0.410 e. The highest BCUT2D eigenvalue weighted by Gasteiger charge is 2.19. The SMILES string of the molecule is NCc1cc(CN2CCCOC2=O)c[nH]1. The lowest BCUT2D eigenvalue weighted by molar-refractivity contribution is 0.0700. The van der Waals surface area contributed by atoms with E-state index in [2.05, 4.69) is 4.98 Å². The number of hydrogen-bond acceptors (Lipinski definition) is 3. The van der Waals surface area contributed by atoms with Gasteiger partial charge >= 0.3 is 6.09 Å². The van der Waals surface area contributed by atoms with Crippen LogP contribution in [0.2, 0.25) is 0 Å². The summed E-state index contributed by atoms with van der Waals surface area (Å²) in [7, 11) is 0. The van der Waals surface area contributed by atoms with E-state index in [1.54, 1.807) is 4.90 Å². The highest BCUT2D eigenvalue weighted by molar-refractivity contribution is 5.68. The van der Waals surface area contributed by atoms with Gasteiger partial charge in [0.15, 0.2) is 0 Å². The topological polar surface area (TPSA) is 71.3 Å². The van der Waals surface area contributed by atoms with Crippen LogP contribution in [-0.4, -0.2) is 29.1 Å². The van der Waals surface area contributed by atoms with Gasteiger partial charge in [-0.2, -0.15) is 0 Å². The number of aromatic amines is 1. The van der Waals surface area contributed by atoms with Gasteiger partial charge < -0.3 is 20.4 Å². The molecule has 1 fully saturated rings. The first-order valence-corrected chi connectivity index (χ1v) is 5.07. The third-order valence-corrected chi connectivity index (χ3v) is 2.45. The van der Waals surface area contributed by atoms with E-state index in [9.17, 15) is 4.79 Å². The largest absolute Gasteiger partial charge is 0.449 e. The predicted molar refractivity (Wildman–Crippen MR) is 55.1 cm³/mol. The number of nitrogens with two attached hydrogens (primary N) is 1. The Kier molecular flexibility index (Phi) is 2.91. The number of rotatable bonds is 3. The molecule has 1 aromatic heterocycles. The number of nitrogens with zero attached hydrogens (tertiary/aromatic N) is 1. The molecule has 0 aromatic carbocycles. The third-order valence-electron chi connectivity index (χ3n) is 2.45. The average molecular weight is 209 g/mol. The summed E-state index contributed by atoms with van der Waals surface area (Å²) >= 11 is 0. The van der Waals surface area contributed by atoms with E-state index in [0.29, 0.717) is 19.7 Å². The van der Waals surface area contributed by atoms with Crippen molar-refractivity contribution in [3.63, 3.8) is 0 Å². The molecule has 1 saturated heterocycles. The second-order valence-corrected chi connectivity index (χ2v) is 3.63. The van der Waals surface area contributed by atoms with Gasteiger partial charge in [0, 0.05) is 25.0 Å². The minimum atomic E-state index is -0.225. The standard InChI is InChI=1S/C10H15N3O2/c11-5-9-4-8(6-12-9)7-13-2-1-3-15-10(13)14/h4,6,12H,1-3,5,7,11H2. The first-order chi connectivity index (χ1) is 7.29. The van der Waals surface area contributed by atoms with E-state index in [4.69, 9.17) is 10.5 Å². The van der Waals surface area contributed by atoms with Crippen molar-refractivity contribution in [1.82, 2.24) is 9.88 Å². The van der Waals surface area contributed by atoms with Gasteiger partial charge in [0.1, 0.15) is 0 Å². The molecule has 0 unspecified atom stereocenters. The maximum atomic E-state index is 11.3. The van der Waals surface area contributed by atoms with E-state index in [0.717, 1.165) is 24.2 Å². The molecule has 1 amide bonds. The van der Waals surface area contributed by atoms with Crippen LogP contribution in [0.3, 0.4) is 0 Å². The normalized spacial score (nSPS) is 16.6. The lowest BCUT2D eigenvalue weighted by Gasteiger charge is -2.25. The highest BCUT2D eigenvalue weighted by atomic mass is 16.6. The van der Waals surface area contributed by atoms with Gasteiger partial charge in [-0.1, -0.05) is 0 Å². The highest BCUT2D eigenvalue weighted by Crippen LogP contribution is 2.11. The van der Waals surface area contributed by atoms with E-state index in [-0.39, 0.29) is 6.09 Å². The molecule has 3 N–H and O–H groups in total. The van der Waals surface area contributed by atoms with Crippen molar-refractivity contribution in [2.75, 3.05) is 13.2 Å². The van der Waals surface area contributed by atoms with E-state index in [1.165, 1.54) is 0 Å². The lowest BCUT2D eigenvalue weighted by Crippen LogP contribution is -2.36. The summed E-state index contributed by atoms with van der Waals surface area (Å²) in [5.74, 6) is 0. The zero-order valence-electron chi connectivity index (χ0n) is 8.53. The van der Waals surface area contributed by atoms with Crippen molar-refractivity contribution < 1.29 is 9.53 Å². The maximum Gasteiger partial charge on any atom is 0.410 e. The maximum absolute atomic E-state index is 11.3. The Labute approximate surface area is 88.2 Å². The van der Waals surface area contributed by atoms with Crippen LogP contribution in [0.15, 0.2) is 12.3 Å². The van der Waals surface area contributed by atoms with Gasteiger partial charge in [-0.05, 0) is 18.1 Å². The van der Waals surface area contributed by atoms with Gasteiger partial charge in [-0.15, -0.1) is 0 Å². The van der Waals surface area contributed by atoms with Crippen LogP contribution in [0.5, 0.6) is 0 Å². The average Bonchev–Trinajstić information content (AvgIpc) is 2.69. The van der Waals surface area contributed by atoms with Crippen LogP contribution in [0, 0.1) is 0 Å². The number of H-pyrrole nitrogens is 1. The van der Waals surface area contributed by atoms with Crippen molar-refractivity contribution in [2.45, 2.75) is 19.5 Å². The quantitative estimate of drug-likeness (QED) is 0.774. The van der Waals surface area contributed by atoms with Crippen LogP contribution in [0.4, 0.5) is 4.79 Å². The predicted octanol–water partition coefficient (Wildman–Crippen LogP) is 0.816. The molecule has 0 aliphatic carbocycles. The summed E-state index contributed by atoms with van der Waals surface area (Å²) < 4.78 is 4.95. The molecule has 1 aliphatic heterocycles. The van der Waals surface area contributed by atoms with Gasteiger partial charge in [-0.3, -0.25) is 0 Å². The fourth-order valence-electron chi connectivity index (χ4n) is 1.66. The van der Waals surface area contributed by atoms with Gasteiger partial charge in [0.25, 0.3) is 0 Å². The Morgan fingerprint density at radius 2 is 2.47 bits per heavy atom. The van der Waals surface area contributed by atoms with Gasteiger partial charge in [0.05, 0.1) is 13.2 Å². The number of amides is 1. The molecule has 0 atom stereocenters. The molecule has 5 nitrogen and oxygen atoms in total. The van der Waals surface area contributed by atoms with Gasteiger partial charge in [-0.25, -0.2) is 4.79 Å². The molecule has 0 bridgehead atoms. The summed E-state index contributed by atoms with van der Waals surface area (Å²) in [6.07, 6.45) is 2.56. The number of hydrogen-bond donors (Lipinski definition) is 2. The van der Waals surface area contributed by atoms with E-state index >= 15 is 0 Å². The van der Waals surface area contributed by atoms with Crippen LogP contribution in [-0.2, 0) is 17.8 Å². The molecule has 15 heavy (non-hydrogen) atoms. The zero-order chi connectivity index (χ0) is 10.7. The van der Waals surface area contributed by atoms with Gasteiger partial charge in [0.2, 0.25) is 0 Å². The third kappa shape index (κ3) is 2.30. The lowest BCUT2D eigenvalue weighted by atomic mass is 10.2. The fourth-order valence-corrected chi connectivity index (χ4v) is 1.66. The van der Waals surface area contributed by atoms with Crippen molar-refractivity contribution in [3.8, 4) is 0 Å². The number of carbonyl (C=O) groups is 1. The van der Waals surface area contributed by atoms with Crippen molar-refractivity contribution in [2.24, 2.45) is 5.73 Å². The number of aromatic nitrogens is 1. The van der Waals surface area contributed by atoms with Crippen molar-refractivity contribution in [3.05, 3.63) is 23.5 Å². The molecular weight excluding hydrogens is 194 g/mol. The molecule has 0 spiro atoms. The summed E-state index contributed by atoms with van der Waals surface area (Å²) in [4.78, 5) is 16.1. The number of nitrogens with one attached hydrogen (secondary N) is 1. The molecule has 1 aromatic rings. The van der Waals surface area contributed by atoms with Crippen LogP contribution < -0.4 is 5.73 Å². The number of carbonyl (C=O) groups excluding carboxylic acids is 1. The Hall–Kier alpha value is -1.49.